The van der Waals surface area contributed by atoms with Gasteiger partial charge in [-0.15, -0.1) is 0 Å². The van der Waals surface area contributed by atoms with Gasteiger partial charge in [0.2, 0.25) is 11.8 Å². The van der Waals surface area contributed by atoms with Crippen molar-refractivity contribution >= 4 is 23.2 Å². The van der Waals surface area contributed by atoms with Crippen LogP contribution in [0, 0.1) is 17.3 Å². The lowest BCUT2D eigenvalue weighted by Crippen LogP contribution is -2.69. The molecule has 6 heteroatoms. The van der Waals surface area contributed by atoms with Crippen molar-refractivity contribution in [1.29, 1.82) is 0 Å². The second-order valence-electron chi connectivity index (χ2n) is 11.7. The second kappa shape index (κ2) is 6.03. The molecule has 1 aromatic rings. The molecule has 6 nitrogen and oxygen atoms in total. The van der Waals surface area contributed by atoms with Crippen molar-refractivity contribution in [3.8, 4) is 0 Å². The summed E-state index contributed by atoms with van der Waals surface area (Å²) in [5.41, 5.74) is 4.20. The Kier molecular flexibility index (Phi) is 3.64. The Bertz CT molecular complexity index is 1090. The minimum Gasteiger partial charge on any atom is -0.373 e. The molecular formula is C26H31N3O3. The normalized spacial score (nSPS) is 38.8. The zero-order chi connectivity index (χ0) is 22.0. The molecule has 5 heterocycles. The molecule has 4 fully saturated rings. The fourth-order valence-corrected chi connectivity index (χ4v) is 7.95. The number of carbonyl (C=O) groups excluding carboxylic acids is 2. The summed E-state index contributed by atoms with van der Waals surface area (Å²) in [6, 6.07) is 6.86. The average Bonchev–Trinajstić information content (AvgIpc) is 3.21. The molecule has 168 valence electrons. The maximum absolute atomic E-state index is 13.5. The summed E-state index contributed by atoms with van der Waals surface area (Å²) in [5.74, 6) is 1.09. The Labute approximate surface area is 189 Å². The molecule has 1 N–H and O–H groups in total. The van der Waals surface area contributed by atoms with Gasteiger partial charge in [0.25, 0.3) is 0 Å². The van der Waals surface area contributed by atoms with Crippen molar-refractivity contribution in [3.63, 3.8) is 0 Å². The number of nitrogens with zero attached hydrogens (tertiary/aromatic N) is 2. The molecule has 1 aromatic carbocycles. The summed E-state index contributed by atoms with van der Waals surface area (Å²) >= 11 is 0. The van der Waals surface area contributed by atoms with E-state index in [0.29, 0.717) is 30.9 Å². The number of benzene rings is 1. The molecule has 1 spiro atoms. The van der Waals surface area contributed by atoms with Gasteiger partial charge in [-0.2, -0.15) is 0 Å². The van der Waals surface area contributed by atoms with E-state index in [1.807, 2.05) is 26.8 Å². The minimum atomic E-state index is -0.454. The van der Waals surface area contributed by atoms with Gasteiger partial charge in [0.1, 0.15) is 0 Å². The van der Waals surface area contributed by atoms with Crippen LogP contribution >= 0.6 is 0 Å². The van der Waals surface area contributed by atoms with Crippen molar-refractivity contribution in [2.24, 2.45) is 17.3 Å². The molecule has 0 aromatic heterocycles. The van der Waals surface area contributed by atoms with Crippen LogP contribution in [0.4, 0.5) is 11.4 Å². The van der Waals surface area contributed by atoms with E-state index < -0.39 is 5.41 Å². The average molecular weight is 434 g/mol. The van der Waals surface area contributed by atoms with E-state index >= 15 is 0 Å². The standard InChI is InChI=1S/C26H31N3O3/c1-25(2,3)24(31)27-15-4-5-18-17(10-15)26-7-8-28-13-14-6-9-32-19-12-21(30)29(18)23(26)22(19)16(14)11-20(26)28/h4-6,10,16,19-20,22-23H,7-9,11-13H2,1-3H3,(H,27,31)/t16-,19-,20-,22-,23-,26+/m0/s1. The van der Waals surface area contributed by atoms with Crippen LogP contribution in [-0.4, -0.2) is 54.6 Å². The van der Waals surface area contributed by atoms with Crippen molar-refractivity contribution < 1.29 is 14.3 Å². The van der Waals surface area contributed by atoms with Gasteiger partial charge in [0, 0.05) is 40.7 Å². The Hall–Kier alpha value is -2.18. The lowest BCUT2D eigenvalue weighted by molar-refractivity contribution is -0.132. The number of anilines is 2. The summed E-state index contributed by atoms with van der Waals surface area (Å²) in [5, 5.41) is 3.14. The Balaban J connectivity index is 1.40. The first-order valence-corrected chi connectivity index (χ1v) is 12.1. The highest BCUT2D eigenvalue weighted by atomic mass is 16.5. The van der Waals surface area contributed by atoms with Gasteiger partial charge in [0.15, 0.2) is 0 Å². The molecule has 1 saturated carbocycles. The van der Waals surface area contributed by atoms with Gasteiger partial charge in [-0.05, 0) is 49.1 Å². The van der Waals surface area contributed by atoms with E-state index in [1.165, 1.54) is 11.1 Å². The van der Waals surface area contributed by atoms with Gasteiger partial charge in [-0.25, -0.2) is 0 Å². The first-order chi connectivity index (χ1) is 15.3. The van der Waals surface area contributed by atoms with Crippen LogP contribution < -0.4 is 10.2 Å². The highest BCUT2D eigenvalue weighted by Gasteiger charge is 2.71. The van der Waals surface area contributed by atoms with E-state index in [1.54, 1.807) is 0 Å². The Morgan fingerprint density at radius 1 is 1.28 bits per heavy atom. The van der Waals surface area contributed by atoms with Crippen molar-refractivity contribution in [3.05, 3.63) is 35.4 Å². The quantitative estimate of drug-likeness (QED) is 0.692. The van der Waals surface area contributed by atoms with Crippen molar-refractivity contribution in [1.82, 2.24) is 4.90 Å². The van der Waals surface area contributed by atoms with Crippen LogP contribution in [0.25, 0.3) is 0 Å². The molecule has 0 radical (unpaired) electrons. The third-order valence-electron chi connectivity index (χ3n) is 9.25. The fraction of sp³-hybridized carbons (Fsp3) is 0.615. The third-order valence-corrected chi connectivity index (χ3v) is 9.25. The topological polar surface area (TPSA) is 61.9 Å². The highest BCUT2D eigenvalue weighted by molar-refractivity contribution is 6.00. The van der Waals surface area contributed by atoms with Crippen molar-refractivity contribution in [2.75, 3.05) is 29.9 Å². The monoisotopic (exact) mass is 433 g/mol. The molecule has 1 aliphatic carbocycles. The molecule has 6 atom stereocenters. The molecule has 2 bridgehead atoms. The molecule has 32 heavy (non-hydrogen) atoms. The second-order valence-corrected chi connectivity index (χ2v) is 11.7. The van der Waals surface area contributed by atoms with E-state index in [-0.39, 0.29) is 29.4 Å². The van der Waals surface area contributed by atoms with Crippen LogP contribution in [0.5, 0.6) is 0 Å². The Morgan fingerprint density at radius 2 is 2.12 bits per heavy atom. The summed E-state index contributed by atoms with van der Waals surface area (Å²) in [7, 11) is 0. The number of ether oxygens (including phenoxy) is 1. The SMILES string of the molecule is CC(C)(C)C(=O)Nc1ccc2c(c1)[C@@]13CCN4CC5=CCO[C@H]6CC(=O)N2[C@H]1[C@H]6[C@H]5C[C@H]43. The summed E-state index contributed by atoms with van der Waals surface area (Å²) in [6.45, 7) is 8.55. The number of piperidine rings is 2. The van der Waals surface area contributed by atoms with Gasteiger partial charge in [-0.1, -0.05) is 32.4 Å². The smallest absolute Gasteiger partial charge is 0.229 e. The summed E-state index contributed by atoms with van der Waals surface area (Å²) in [6.07, 6.45) is 5.03. The maximum Gasteiger partial charge on any atom is 0.229 e. The van der Waals surface area contributed by atoms with Crippen LogP contribution in [0.2, 0.25) is 0 Å². The highest BCUT2D eigenvalue weighted by Crippen LogP contribution is 2.65. The number of carbonyl (C=O) groups is 2. The fourth-order valence-electron chi connectivity index (χ4n) is 7.95. The molecular weight excluding hydrogens is 402 g/mol. The third kappa shape index (κ3) is 2.23. The van der Waals surface area contributed by atoms with Crippen LogP contribution in [-0.2, 0) is 19.7 Å². The zero-order valence-electron chi connectivity index (χ0n) is 19.1. The zero-order valence-corrected chi connectivity index (χ0v) is 19.1. The molecule has 7 rings (SSSR count). The number of amides is 2. The summed E-state index contributed by atoms with van der Waals surface area (Å²) < 4.78 is 6.31. The molecule has 5 aliphatic heterocycles. The number of hydrogen-bond donors (Lipinski definition) is 1. The minimum absolute atomic E-state index is 0.0156. The van der Waals surface area contributed by atoms with E-state index in [9.17, 15) is 9.59 Å². The lowest BCUT2D eigenvalue weighted by Gasteiger charge is -2.58. The number of nitrogens with one attached hydrogen (secondary N) is 1. The first kappa shape index (κ1) is 19.3. The molecule has 3 saturated heterocycles. The molecule has 0 unspecified atom stereocenters. The lowest BCUT2D eigenvalue weighted by atomic mass is 9.53. The van der Waals surface area contributed by atoms with E-state index in [4.69, 9.17) is 4.74 Å². The predicted octanol–water partition coefficient (Wildman–Crippen LogP) is 3.08. The predicted molar refractivity (Wildman–Crippen MR) is 121 cm³/mol. The van der Waals surface area contributed by atoms with Gasteiger partial charge in [-0.3, -0.25) is 14.5 Å². The van der Waals surface area contributed by atoms with Crippen LogP contribution in [0.1, 0.15) is 45.6 Å². The summed E-state index contributed by atoms with van der Waals surface area (Å²) in [4.78, 5) is 31.0. The van der Waals surface area contributed by atoms with E-state index in [0.717, 1.165) is 37.3 Å². The molecule has 6 aliphatic rings. The number of fused-ring (bicyclic) bond motifs is 2. The van der Waals surface area contributed by atoms with Gasteiger partial charge >= 0.3 is 0 Å². The van der Waals surface area contributed by atoms with Crippen molar-refractivity contribution in [2.45, 2.75) is 63.6 Å². The van der Waals surface area contributed by atoms with E-state index in [2.05, 4.69) is 33.3 Å². The van der Waals surface area contributed by atoms with Gasteiger partial charge < -0.3 is 15.0 Å². The first-order valence-electron chi connectivity index (χ1n) is 12.1. The molecule has 2 amide bonds. The maximum atomic E-state index is 13.5. The number of rotatable bonds is 1. The number of hydrogen-bond acceptors (Lipinski definition) is 4. The van der Waals surface area contributed by atoms with Gasteiger partial charge in [0.05, 0.1) is 25.2 Å². The Morgan fingerprint density at radius 3 is 2.94 bits per heavy atom. The largest absolute Gasteiger partial charge is 0.373 e. The van der Waals surface area contributed by atoms with Crippen LogP contribution in [0.15, 0.2) is 29.8 Å². The van der Waals surface area contributed by atoms with Crippen LogP contribution in [0.3, 0.4) is 0 Å².